The SMILES string of the molecule is c1ccc([C]2c3c(ccc4ccccc34)-c3ccc4ccccc4c32)cc1. The summed E-state index contributed by atoms with van der Waals surface area (Å²) in [5.74, 6) is 1.36. The van der Waals surface area contributed by atoms with Gasteiger partial charge in [0.15, 0.2) is 0 Å². The Bertz CT molecular complexity index is 1230. The molecule has 27 heavy (non-hydrogen) atoms. The second kappa shape index (κ2) is 5.56. The summed E-state index contributed by atoms with van der Waals surface area (Å²) in [7, 11) is 0. The summed E-state index contributed by atoms with van der Waals surface area (Å²) in [6, 6.07) is 37.4. The highest BCUT2D eigenvalue weighted by atomic mass is 14.3. The topological polar surface area (TPSA) is 0 Å². The maximum absolute atomic E-state index is 2.29. The lowest BCUT2D eigenvalue weighted by atomic mass is 9.85. The first-order valence-electron chi connectivity index (χ1n) is 9.39. The minimum Gasteiger partial charge on any atom is -0.0622 e. The minimum absolute atomic E-state index is 1.28. The summed E-state index contributed by atoms with van der Waals surface area (Å²) < 4.78 is 0. The molecule has 0 unspecified atom stereocenters. The van der Waals surface area contributed by atoms with Crippen molar-refractivity contribution in [3.8, 4) is 11.1 Å². The smallest absolute Gasteiger partial charge is 0.0622 e. The Morgan fingerprint density at radius 1 is 0.370 bits per heavy atom. The van der Waals surface area contributed by atoms with Crippen LogP contribution in [0, 0.1) is 5.92 Å². The van der Waals surface area contributed by atoms with Crippen LogP contribution in [0.3, 0.4) is 0 Å². The number of rotatable bonds is 1. The summed E-state index contributed by atoms with van der Waals surface area (Å²) in [5, 5.41) is 5.24. The van der Waals surface area contributed by atoms with Gasteiger partial charge in [0, 0.05) is 0 Å². The van der Waals surface area contributed by atoms with E-state index in [0.717, 1.165) is 0 Å². The van der Waals surface area contributed by atoms with E-state index >= 15 is 0 Å². The molecular weight excluding hydrogens is 324 g/mol. The Morgan fingerprint density at radius 2 is 0.852 bits per heavy atom. The van der Waals surface area contributed by atoms with Crippen LogP contribution in [0.25, 0.3) is 32.7 Å². The fraction of sp³-hybridized carbons (Fsp3) is 0. The van der Waals surface area contributed by atoms with E-state index < -0.39 is 0 Å². The molecule has 5 aromatic rings. The first-order valence-corrected chi connectivity index (χ1v) is 9.39. The standard InChI is InChI=1S/C27H17/c1-2-10-20(11-3-1)25-26-21-12-6-4-8-18(21)14-16-23(26)24-17-15-19-9-5-7-13-22(19)27(24)25/h1-17H. The summed E-state index contributed by atoms with van der Waals surface area (Å²) >= 11 is 0. The van der Waals surface area contributed by atoms with Crippen molar-refractivity contribution in [2.75, 3.05) is 0 Å². The molecule has 1 aliphatic carbocycles. The lowest BCUT2D eigenvalue weighted by Crippen LogP contribution is -2.01. The van der Waals surface area contributed by atoms with Gasteiger partial charge in [-0.3, -0.25) is 0 Å². The lowest BCUT2D eigenvalue weighted by Gasteiger charge is -2.17. The van der Waals surface area contributed by atoms with Gasteiger partial charge in [-0.25, -0.2) is 0 Å². The molecule has 0 heteroatoms. The molecule has 5 aromatic carbocycles. The van der Waals surface area contributed by atoms with E-state index in [1.54, 1.807) is 0 Å². The molecule has 0 bridgehead atoms. The van der Waals surface area contributed by atoms with Crippen LogP contribution >= 0.6 is 0 Å². The van der Waals surface area contributed by atoms with Crippen LogP contribution in [-0.2, 0) is 0 Å². The monoisotopic (exact) mass is 341 g/mol. The van der Waals surface area contributed by atoms with E-state index in [2.05, 4.69) is 103 Å². The van der Waals surface area contributed by atoms with Crippen molar-refractivity contribution in [1.82, 2.24) is 0 Å². The molecule has 0 atom stereocenters. The average molecular weight is 341 g/mol. The highest BCUT2D eigenvalue weighted by Gasteiger charge is 2.33. The molecule has 0 heterocycles. The molecule has 1 radical (unpaired) electrons. The fourth-order valence-corrected chi connectivity index (χ4v) is 4.55. The second-order valence-electron chi connectivity index (χ2n) is 7.16. The third-order valence-electron chi connectivity index (χ3n) is 5.71. The van der Waals surface area contributed by atoms with Gasteiger partial charge in [0.1, 0.15) is 0 Å². The van der Waals surface area contributed by atoms with Crippen LogP contribution in [0.15, 0.2) is 103 Å². The van der Waals surface area contributed by atoms with Gasteiger partial charge in [0.2, 0.25) is 0 Å². The quantitative estimate of drug-likeness (QED) is 0.302. The van der Waals surface area contributed by atoms with Crippen molar-refractivity contribution in [3.63, 3.8) is 0 Å². The number of benzene rings is 5. The van der Waals surface area contributed by atoms with E-state index in [9.17, 15) is 0 Å². The van der Waals surface area contributed by atoms with Gasteiger partial charge in [-0.15, -0.1) is 0 Å². The van der Waals surface area contributed by atoms with E-state index in [4.69, 9.17) is 0 Å². The zero-order valence-electron chi connectivity index (χ0n) is 14.8. The second-order valence-corrected chi connectivity index (χ2v) is 7.16. The third kappa shape index (κ3) is 2.04. The Labute approximate surface area is 158 Å². The van der Waals surface area contributed by atoms with Crippen LogP contribution in [0.4, 0.5) is 0 Å². The highest BCUT2D eigenvalue weighted by Crippen LogP contribution is 2.52. The zero-order chi connectivity index (χ0) is 17.8. The lowest BCUT2D eigenvalue weighted by molar-refractivity contribution is 1.31. The van der Waals surface area contributed by atoms with Crippen LogP contribution in [0.1, 0.15) is 16.7 Å². The highest BCUT2D eigenvalue weighted by molar-refractivity contribution is 6.06. The zero-order valence-corrected chi connectivity index (χ0v) is 14.8. The average Bonchev–Trinajstić information content (AvgIpc) is 3.10. The molecule has 125 valence electrons. The molecule has 1 aliphatic rings. The van der Waals surface area contributed by atoms with Crippen LogP contribution in [0.2, 0.25) is 0 Å². The Kier molecular flexibility index (Phi) is 3.04. The number of hydrogen-bond acceptors (Lipinski definition) is 0. The molecule has 6 rings (SSSR count). The van der Waals surface area contributed by atoms with E-state index in [-0.39, 0.29) is 0 Å². The molecule has 0 spiro atoms. The Balaban J connectivity index is 1.80. The van der Waals surface area contributed by atoms with Crippen molar-refractivity contribution >= 4 is 21.5 Å². The molecule has 0 amide bonds. The third-order valence-corrected chi connectivity index (χ3v) is 5.71. The van der Waals surface area contributed by atoms with Crippen molar-refractivity contribution in [3.05, 3.63) is 126 Å². The van der Waals surface area contributed by atoms with Crippen molar-refractivity contribution in [2.24, 2.45) is 0 Å². The molecule has 0 aromatic heterocycles. The Hall–Kier alpha value is -3.38. The predicted molar refractivity (Wildman–Crippen MR) is 114 cm³/mol. The van der Waals surface area contributed by atoms with E-state index in [1.165, 1.54) is 55.3 Å². The normalized spacial score (nSPS) is 13.0. The van der Waals surface area contributed by atoms with Gasteiger partial charge in [-0.2, -0.15) is 0 Å². The van der Waals surface area contributed by atoms with Gasteiger partial charge >= 0.3 is 0 Å². The summed E-state index contributed by atoms with van der Waals surface area (Å²) in [6.45, 7) is 0. The maximum Gasteiger partial charge on any atom is 0.0654 e. The maximum atomic E-state index is 2.29. The van der Waals surface area contributed by atoms with Crippen LogP contribution < -0.4 is 0 Å². The van der Waals surface area contributed by atoms with Gasteiger partial charge in [0.05, 0.1) is 5.92 Å². The molecule has 0 saturated carbocycles. The molecule has 0 aliphatic heterocycles. The van der Waals surface area contributed by atoms with Gasteiger partial charge < -0.3 is 0 Å². The summed E-state index contributed by atoms with van der Waals surface area (Å²) in [4.78, 5) is 0. The molecular formula is C27H17. The van der Waals surface area contributed by atoms with Crippen molar-refractivity contribution in [1.29, 1.82) is 0 Å². The molecule has 0 N–H and O–H groups in total. The molecule has 0 fully saturated rings. The van der Waals surface area contributed by atoms with Crippen molar-refractivity contribution in [2.45, 2.75) is 0 Å². The predicted octanol–water partition coefficient (Wildman–Crippen LogP) is 6.99. The first-order chi connectivity index (χ1) is 13.4. The fourth-order valence-electron chi connectivity index (χ4n) is 4.55. The van der Waals surface area contributed by atoms with Crippen molar-refractivity contribution < 1.29 is 0 Å². The van der Waals surface area contributed by atoms with Crippen LogP contribution in [-0.4, -0.2) is 0 Å². The first kappa shape index (κ1) is 14.8. The number of fused-ring (bicyclic) bond motifs is 7. The minimum atomic E-state index is 1.28. The van der Waals surface area contributed by atoms with Gasteiger partial charge in [-0.1, -0.05) is 103 Å². The van der Waals surface area contributed by atoms with Gasteiger partial charge in [-0.05, 0) is 49.4 Å². The summed E-state index contributed by atoms with van der Waals surface area (Å²) in [6.07, 6.45) is 0. The molecule has 0 saturated heterocycles. The molecule has 0 nitrogen and oxygen atoms in total. The van der Waals surface area contributed by atoms with E-state index in [1.807, 2.05) is 0 Å². The number of hydrogen-bond donors (Lipinski definition) is 0. The van der Waals surface area contributed by atoms with Gasteiger partial charge in [0.25, 0.3) is 0 Å². The largest absolute Gasteiger partial charge is 0.0654 e. The summed E-state index contributed by atoms with van der Waals surface area (Å²) in [5.41, 5.74) is 6.70. The van der Waals surface area contributed by atoms with Crippen LogP contribution in [0.5, 0.6) is 0 Å². The Morgan fingerprint density at radius 3 is 1.41 bits per heavy atom. The van der Waals surface area contributed by atoms with E-state index in [0.29, 0.717) is 0 Å².